The Morgan fingerprint density at radius 2 is 2.00 bits per heavy atom. The van der Waals surface area contributed by atoms with Crippen molar-refractivity contribution in [3.8, 4) is 5.75 Å². The molecule has 0 saturated carbocycles. The second-order valence-electron chi connectivity index (χ2n) is 4.41. The maximum Gasteiger partial charge on any atom is 0.301 e. The van der Waals surface area contributed by atoms with Crippen LogP contribution in [0.1, 0.15) is 10.4 Å². The number of nitrogens with zero attached hydrogens (tertiary/aromatic N) is 3. The number of amides is 1. The molecule has 110 valence electrons. The summed E-state index contributed by atoms with van der Waals surface area (Å²) in [6.45, 7) is 0. The number of pyridine rings is 3. The number of anilines is 1. The molecule has 0 bridgehead atoms. The van der Waals surface area contributed by atoms with Gasteiger partial charge >= 0.3 is 5.56 Å². The SMILES string of the molecule is O=C(Nc1cccnc1)c1c(O)c2cccnc2n(O)c1=O. The van der Waals surface area contributed by atoms with E-state index in [0.717, 1.165) is 0 Å². The number of aromatic nitrogens is 3. The smallest absolute Gasteiger partial charge is 0.301 e. The van der Waals surface area contributed by atoms with Gasteiger partial charge in [-0.1, -0.05) is 0 Å². The molecule has 3 heterocycles. The van der Waals surface area contributed by atoms with Gasteiger partial charge in [0.25, 0.3) is 5.91 Å². The fourth-order valence-corrected chi connectivity index (χ4v) is 2.02. The second kappa shape index (κ2) is 5.17. The summed E-state index contributed by atoms with van der Waals surface area (Å²) >= 11 is 0. The van der Waals surface area contributed by atoms with E-state index < -0.39 is 22.8 Å². The van der Waals surface area contributed by atoms with Crippen molar-refractivity contribution in [3.63, 3.8) is 0 Å². The number of nitrogens with one attached hydrogen (secondary N) is 1. The van der Waals surface area contributed by atoms with E-state index in [9.17, 15) is 19.9 Å². The summed E-state index contributed by atoms with van der Waals surface area (Å²) in [5.41, 5.74) is -1.43. The lowest BCUT2D eigenvalue weighted by Gasteiger charge is -2.09. The molecule has 3 N–H and O–H groups in total. The highest BCUT2D eigenvalue weighted by Gasteiger charge is 2.22. The van der Waals surface area contributed by atoms with E-state index in [1.807, 2.05) is 0 Å². The Hall–Kier alpha value is -3.42. The largest absolute Gasteiger partial charge is 0.506 e. The summed E-state index contributed by atoms with van der Waals surface area (Å²) in [6.07, 6.45) is 4.26. The fourth-order valence-electron chi connectivity index (χ4n) is 2.02. The first-order chi connectivity index (χ1) is 10.6. The van der Waals surface area contributed by atoms with Crippen LogP contribution in [0.2, 0.25) is 0 Å². The molecule has 22 heavy (non-hydrogen) atoms. The number of carbonyl (C=O) groups is 1. The van der Waals surface area contributed by atoms with Gasteiger partial charge in [-0.3, -0.25) is 14.6 Å². The van der Waals surface area contributed by atoms with E-state index in [2.05, 4.69) is 15.3 Å². The number of rotatable bonds is 2. The van der Waals surface area contributed by atoms with Crippen LogP contribution in [-0.4, -0.2) is 30.9 Å². The van der Waals surface area contributed by atoms with Crippen LogP contribution in [0.3, 0.4) is 0 Å². The molecule has 0 saturated heterocycles. The molecular weight excluding hydrogens is 288 g/mol. The molecule has 0 fully saturated rings. The third-order valence-electron chi connectivity index (χ3n) is 3.03. The van der Waals surface area contributed by atoms with Gasteiger partial charge in [-0.15, -0.1) is 4.73 Å². The van der Waals surface area contributed by atoms with Crippen molar-refractivity contribution >= 4 is 22.6 Å². The second-order valence-corrected chi connectivity index (χ2v) is 4.41. The van der Waals surface area contributed by atoms with E-state index in [4.69, 9.17) is 0 Å². The Labute approximate surface area is 123 Å². The zero-order valence-corrected chi connectivity index (χ0v) is 11.1. The lowest BCUT2D eigenvalue weighted by atomic mass is 10.1. The quantitative estimate of drug-likeness (QED) is 0.607. The highest BCUT2D eigenvalue weighted by atomic mass is 16.5. The highest BCUT2D eigenvalue weighted by Crippen LogP contribution is 2.24. The minimum atomic E-state index is -1.06. The van der Waals surface area contributed by atoms with Crippen LogP contribution in [0, 0.1) is 0 Å². The van der Waals surface area contributed by atoms with Crippen LogP contribution < -0.4 is 10.9 Å². The molecule has 0 aliphatic rings. The molecule has 0 radical (unpaired) electrons. The molecule has 3 aromatic heterocycles. The topological polar surface area (TPSA) is 117 Å². The zero-order valence-electron chi connectivity index (χ0n) is 11.1. The Balaban J connectivity index is 2.15. The van der Waals surface area contributed by atoms with Gasteiger partial charge in [0.2, 0.25) is 0 Å². The van der Waals surface area contributed by atoms with E-state index >= 15 is 0 Å². The number of hydrogen-bond donors (Lipinski definition) is 3. The highest BCUT2D eigenvalue weighted by molar-refractivity contribution is 6.08. The van der Waals surface area contributed by atoms with Crippen LogP contribution in [-0.2, 0) is 0 Å². The average molecular weight is 298 g/mol. The predicted octanol–water partition coefficient (Wildman–Crippen LogP) is 0.987. The molecule has 0 spiro atoms. The number of carbonyl (C=O) groups excluding carboxylic acids is 1. The summed E-state index contributed by atoms with van der Waals surface area (Å²) < 4.78 is 0.229. The lowest BCUT2D eigenvalue weighted by molar-refractivity contribution is 0.101. The average Bonchev–Trinajstić information content (AvgIpc) is 2.54. The van der Waals surface area contributed by atoms with Gasteiger partial charge in [0, 0.05) is 12.4 Å². The molecule has 0 unspecified atom stereocenters. The minimum Gasteiger partial charge on any atom is -0.506 e. The van der Waals surface area contributed by atoms with Gasteiger partial charge in [0.15, 0.2) is 11.2 Å². The molecule has 0 aliphatic carbocycles. The van der Waals surface area contributed by atoms with E-state index in [0.29, 0.717) is 5.69 Å². The van der Waals surface area contributed by atoms with Gasteiger partial charge < -0.3 is 15.6 Å². The van der Waals surface area contributed by atoms with Crippen molar-refractivity contribution in [3.05, 3.63) is 58.8 Å². The number of hydrogen-bond acceptors (Lipinski definition) is 6. The maximum absolute atomic E-state index is 12.2. The summed E-state index contributed by atoms with van der Waals surface area (Å²) in [7, 11) is 0. The molecule has 3 rings (SSSR count). The van der Waals surface area contributed by atoms with Crippen molar-refractivity contribution in [2.45, 2.75) is 0 Å². The standard InChI is InChI=1S/C14H10N4O4/c19-11-9-4-2-6-16-12(9)18(22)14(21)10(11)13(20)17-8-3-1-5-15-7-8/h1-7,19,22H,(H,17,20). The zero-order chi connectivity index (χ0) is 15.7. The molecule has 0 aliphatic heterocycles. The van der Waals surface area contributed by atoms with E-state index in [-0.39, 0.29) is 15.8 Å². The number of fused-ring (bicyclic) bond motifs is 1. The van der Waals surface area contributed by atoms with Crippen molar-refractivity contribution in [1.29, 1.82) is 0 Å². The van der Waals surface area contributed by atoms with Crippen LogP contribution in [0.5, 0.6) is 5.75 Å². The molecule has 8 nitrogen and oxygen atoms in total. The summed E-state index contributed by atoms with van der Waals surface area (Å²) in [4.78, 5) is 31.9. The Bertz CT molecular complexity index is 921. The van der Waals surface area contributed by atoms with Crippen molar-refractivity contribution in [2.75, 3.05) is 5.32 Å². The predicted molar refractivity (Wildman–Crippen MR) is 77.0 cm³/mol. The summed E-state index contributed by atoms with van der Waals surface area (Å²) in [5.74, 6) is -1.40. The monoisotopic (exact) mass is 298 g/mol. The molecule has 8 heteroatoms. The van der Waals surface area contributed by atoms with Gasteiger partial charge in [-0.05, 0) is 24.3 Å². The minimum absolute atomic E-state index is 0.0842. The van der Waals surface area contributed by atoms with Gasteiger partial charge in [-0.2, -0.15) is 0 Å². The first-order valence-electron chi connectivity index (χ1n) is 6.23. The third-order valence-corrected chi connectivity index (χ3v) is 3.03. The molecule has 1 amide bonds. The van der Waals surface area contributed by atoms with E-state index in [1.54, 1.807) is 12.1 Å². The van der Waals surface area contributed by atoms with Crippen LogP contribution in [0.15, 0.2) is 47.7 Å². The first kappa shape index (κ1) is 13.6. The number of aromatic hydroxyl groups is 1. The van der Waals surface area contributed by atoms with Crippen LogP contribution >= 0.6 is 0 Å². The molecule has 0 aromatic carbocycles. The first-order valence-corrected chi connectivity index (χ1v) is 6.23. The summed E-state index contributed by atoms with van der Waals surface area (Å²) in [5, 5.41) is 22.5. The normalized spacial score (nSPS) is 10.5. The van der Waals surface area contributed by atoms with Crippen molar-refractivity contribution in [1.82, 2.24) is 14.7 Å². The molecule has 3 aromatic rings. The van der Waals surface area contributed by atoms with Gasteiger partial charge in [-0.25, -0.2) is 4.98 Å². The van der Waals surface area contributed by atoms with Crippen molar-refractivity contribution in [2.24, 2.45) is 0 Å². The maximum atomic E-state index is 12.2. The Kier molecular flexibility index (Phi) is 3.18. The van der Waals surface area contributed by atoms with Gasteiger partial charge in [0.05, 0.1) is 17.3 Å². The fraction of sp³-hybridized carbons (Fsp3) is 0. The van der Waals surface area contributed by atoms with Crippen LogP contribution in [0.25, 0.3) is 11.0 Å². The molecule has 0 atom stereocenters. The Morgan fingerprint density at radius 3 is 2.73 bits per heavy atom. The lowest BCUT2D eigenvalue weighted by Crippen LogP contribution is -2.29. The van der Waals surface area contributed by atoms with Crippen LogP contribution in [0.4, 0.5) is 5.69 Å². The molecular formula is C14H10N4O4. The summed E-state index contributed by atoms with van der Waals surface area (Å²) in [6, 6.07) is 6.12. The van der Waals surface area contributed by atoms with E-state index in [1.165, 1.54) is 30.7 Å². The van der Waals surface area contributed by atoms with Crippen molar-refractivity contribution < 1.29 is 15.1 Å². The Morgan fingerprint density at radius 1 is 1.23 bits per heavy atom. The third kappa shape index (κ3) is 2.12. The van der Waals surface area contributed by atoms with Gasteiger partial charge in [0.1, 0.15) is 5.75 Å².